The molecule has 0 saturated carbocycles. The van der Waals surface area contributed by atoms with Crippen LogP contribution in [0.15, 0.2) is 73.4 Å². The van der Waals surface area contributed by atoms with Gasteiger partial charge in [-0.3, -0.25) is 19.8 Å². The lowest BCUT2D eigenvalue weighted by atomic mass is 9.95. The third-order valence-corrected chi connectivity index (χ3v) is 8.26. The summed E-state index contributed by atoms with van der Waals surface area (Å²) in [6, 6.07) is 21.4. The number of rotatable bonds is 6. The minimum Gasteiger partial charge on any atom is -0.278 e. The van der Waals surface area contributed by atoms with E-state index in [4.69, 9.17) is 0 Å². The van der Waals surface area contributed by atoms with Crippen LogP contribution in [-0.2, 0) is 0 Å². The number of nitrogens with one attached hydrogen (secondary N) is 2. The Morgan fingerprint density at radius 3 is 1.94 bits per heavy atom. The molecule has 0 spiro atoms. The van der Waals surface area contributed by atoms with Gasteiger partial charge in [0.15, 0.2) is 0 Å². The predicted octanol–water partition coefficient (Wildman–Crippen LogP) is 7.26. The first-order valence-electron chi connectivity index (χ1n) is 15.2. The number of aryl methyl sites for hydroxylation is 2. The summed E-state index contributed by atoms with van der Waals surface area (Å²) in [6.45, 7) is 13.3. The van der Waals surface area contributed by atoms with Gasteiger partial charge in [-0.15, -0.1) is 0 Å². The van der Waals surface area contributed by atoms with Gasteiger partial charge in [-0.1, -0.05) is 26.5 Å². The fourth-order valence-corrected chi connectivity index (χ4v) is 5.84. The van der Waals surface area contributed by atoms with Crippen molar-refractivity contribution in [2.75, 3.05) is 10.0 Å². The summed E-state index contributed by atoms with van der Waals surface area (Å²) in [5, 5.41) is 38.3. The van der Waals surface area contributed by atoms with E-state index in [1.165, 1.54) is 16.2 Å². The summed E-state index contributed by atoms with van der Waals surface area (Å²) in [5.41, 5.74) is 5.94. The van der Waals surface area contributed by atoms with Crippen molar-refractivity contribution in [2.45, 2.75) is 40.5 Å². The number of pyridine rings is 1. The molecule has 48 heavy (non-hydrogen) atoms. The first-order chi connectivity index (χ1) is 23.0. The third-order valence-electron chi connectivity index (χ3n) is 8.26. The number of fused-ring (bicyclic) bond motifs is 2. The van der Waals surface area contributed by atoms with Gasteiger partial charge in [0, 0.05) is 22.5 Å². The van der Waals surface area contributed by atoms with Gasteiger partial charge in [-0.2, -0.15) is 20.7 Å². The van der Waals surface area contributed by atoms with Crippen molar-refractivity contribution in [2.24, 2.45) is 0 Å². The first-order valence-corrected chi connectivity index (χ1v) is 15.2. The molecule has 0 fully saturated rings. The predicted molar refractivity (Wildman–Crippen MR) is 184 cm³/mol. The number of amides is 2. The number of aromatic nitrogens is 5. The van der Waals surface area contributed by atoms with Gasteiger partial charge >= 0.3 is 0 Å². The molecule has 0 radical (unpaired) electrons. The number of anilines is 2. The molecule has 11 nitrogen and oxygen atoms in total. The molecule has 3 heterocycles. The van der Waals surface area contributed by atoms with E-state index in [-0.39, 0.29) is 22.7 Å². The lowest BCUT2D eigenvalue weighted by Gasteiger charge is -2.36. The van der Waals surface area contributed by atoms with Crippen LogP contribution in [0.1, 0.15) is 81.2 Å². The molecule has 6 rings (SSSR count). The molecule has 236 valence electrons. The number of nitrogens with zero attached hydrogens (tertiary/aromatic N) is 7. The highest BCUT2D eigenvalue weighted by Gasteiger charge is 2.35. The van der Waals surface area contributed by atoms with Gasteiger partial charge in [-0.25, -0.2) is 15.0 Å². The highest BCUT2D eigenvalue weighted by Crippen LogP contribution is 2.34. The molecule has 0 saturated heterocycles. The van der Waals surface area contributed by atoms with Crippen molar-refractivity contribution in [3.63, 3.8) is 0 Å². The number of allylic oxidation sites excluding steroid dienone is 1. The van der Waals surface area contributed by atoms with Gasteiger partial charge in [-0.05, 0) is 92.4 Å². The van der Waals surface area contributed by atoms with Crippen molar-refractivity contribution >= 4 is 50.6 Å². The number of nitriles is 2. The number of hydrogen-bond donors (Lipinski definition) is 2. The second-order valence-corrected chi connectivity index (χ2v) is 11.9. The van der Waals surface area contributed by atoms with Crippen molar-refractivity contribution in [3.05, 3.63) is 118 Å². The Morgan fingerprint density at radius 2 is 1.42 bits per heavy atom. The quantitative estimate of drug-likeness (QED) is 0.183. The molecular weight excluding hydrogens is 602 g/mol. The highest BCUT2D eigenvalue weighted by molar-refractivity contribution is 6.19. The first kappa shape index (κ1) is 31.4. The van der Waals surface area contributed by atoms with E-state index < -0.39 is 11.8 Å². The summed E-state index contributed by atoms with van der Waals surface area (Å²) in [5.74, 6) is -1.36. The van der Waals surface area contributed by atoms with E-state index in [1.807, 2.05) is 27.7 Å². The molecule has 0 aliphatic rings. The lowest BCUT2D eigenvalue weighted by Crippen LogP contribution is -2.51. The minimum absolute atomic E-state index is 0.0808. The zero-order chi connectivity index (χ0) is 34.3. The highest BCUT2D eigenvalue weighted by atomic mass is 16.2. The van der Waals surface area contributed by atoms with Crippen LogP contribution >= 0.6 is 0 Å². The monoisotopic (exact) mass is 633 g/mol. The molecule has 0 atom stereocenters. The molecule has 3 aromatic carbocycles. The molecule has 0 bridgehead atoms. The SMILES string of the molecule is C=C(C)c1c(C#N)cccc1C(=O)N(c1ccc2[nH]nc(C)c2c1)N(C(=O)c1ncc(C#N)cc1C(C)C)c1ccc2[nH]nc(C)c2c1. The van der Waals surface area contributed by atoms with Crippen LogP contribution in [0.5, 0.6) is 0 Å². The third kappa shape index (κ3) is 5.33. The van der Waals surface area contributed by atoms with Gasteiger partial charge in [0.1, 0.15) is 11.8 Å². The molecule has 0 aliphatic carbocycles. The number of benzene rings is 3. The second kappa shape index (κ2) is 12.3. The normalized spacial score (nSPS) is 11.0. The fourth-order valence-electron chi connectivity index (χ4n) is 5.84. The number of carbonyl (C=O) groups is 2. The molecular formula is C37H31N9O2. The summed E-state index contributed by atoms with van der Waals surface area (Å²) >= 11 is 0. The van der Waals surface area contributed by atoms with E-state index in [9.17, 15) is 10.5 Å². The van der Waals surface area contributed by atoms with Crippen LogP contribution in [0.3, 0.4) is 0 Å². The maximum absolute atomic E-state index is 15.1. The van der Waals surface area contributed by atoms with Gasteiger partial charge < -0.3 is 0 Å². The van der Waals surface area contributed by atoms with E-state index >= 15 is 9.59 Å². The number of H-pyrrole nitrogens is 2. The Bertz CT molecular complexity index is 2370. The molecule has 11 heteroatoms. The summed E-state index contributed by atoms with van der Waals surface area (Å²) in [7, 11) is 0. The maximum atomic E-state index is 15.1. The Balaban J connectivity index is 1.69. The average Bonchev–Trinajstić information content (AvgIpc) is 3.66. The zero-order valence-corrected chi connectivity index (χ0v) is 27.1. The standard InChI is InChI=1S/C37H31N9O2/c1-20(2)29-14-24(17-38)19-40-35(29)37(48)46(27-11-13-33-31(16-27)23(6)42-44-33)45(26-10-12-32-30(15-26)22(5)41-43-32)36(47)28-9-7-8-25(18-39)34(28)21(3)4/h7-16,19-20H,3H2,1-2,4-6H3,(H,41,43)(H,42,44). The van der Waals surface area contributed by atoms with Crippen LogP contribution in [-0.4, -0.2) is 37.2 Å². The lowest BCUT2D eigenvalue weighted by molar-refractivity contribution is 0.0919. The fraction of sp³-hybridized carbons (Fsp3) is 0.162. The van der Waals surface area contributed by atoms with Crippen LogP contribution in [0.2, 0.25) is 0 Å². The van der Waals surface area contributed by atoms with Crippen molar-refractivity contribution in [1.82, 2.24) is 25.4 Å². The van der Waals surface area contributed by atoms with Crippen molar-refractivity contribution < 1.29 is 9.59 Å². The molecule has 3 aromatic heterocycles. The van der Waals surface area contributed by atoms with Crippen molar-refractivity contribution in [1.29, 1.82) is 10.5 Å². The smallest absolute Gasteiger partial charge is 0.278 e. The Labute approximate surface area is 276 Å². The Hall–Kier alpha value is -6.59. The van der Waals surface area contributed by atoms with Gasteiger partial charge in [0.2, 0.25) is 0 Å². The molecule has 0 aliphatic heterocycles. The zero-order valence-electron chi connectivity index (χ0n) is 27.1. The second-order valence-electron chi connectivity index (χ2n) is 11.9. The number of hydrogen-bond acceptors (Lipinski definition) is 7. The number of aromatic amines is 2. The summed E-state index contributed by atoms with van der Waals surface area (Å²) < 4.78 is 0. The molecule has 6 aromatic rings. The molecule has 0 unspecified atom stereocenters. The van der Waals surface area contributed by atoms with E-state index in [1.54, 1.807) is 67.6 Å². The Morgan fingerprint density at radius 1 is 0.833 bits per heavy atom. The summed E-state index contributed by atoms with van der Waals surface area (Å²) in [6.07, 6.45) is 1.35. The van der Waals surface area contributed by atoms with Gasteiger partial charge in [0.25, 0.3) is 11.8 Å². The Kier molecular flexibility index (Phi) is 8.05. The number of carbonyl (C=O) groups excluding carboxylic acids is 2. The topological polar surface area (TPSA) is 158 Å². The molecule has 2 N–H and O–H groups in total. The van der Waals surface area contributed by atoms with E-state index in [0.717, 1.165) is 21.8 Å². The van der Waals surface area contributed by atoms with Crippen LogP contribution < -0.4 is 10.0 Å². The summed E-state index contributed by atoms with van der Waals surface area (Å²) in [4.78, 5) is 34.7. The van der Waals surface area contributed by atoms with Crippen LogP contribution in [0.25, 0.3) is 27.4 Å². The van der Waals surface area contributed by atoms with Crippen molar-refractivity contribution in [3.8, 4) is 12.1 Å². The van der Waals surface area contributed by atoms with E-state index in [0.29, 0.717) is 45.0 Å². The van der Waals surface area contributed by atoms with E-state index in [2.05, 4.69) is 44.1 Å². The van der Waals surface area contributed by atoms with Gasteiger partial charge in [0.05, 0.1) is 56.6 Å². The minimum atomic E-state index is -0.602. The van der Waals surface area contributed by atoms with Crippen LogP contribution in [0.4, 0.5) is 11.4 Å². The maximum Gasteiger partial charge on any atom is 0.296 e. The molecule has 2 amide bonds. The number of hydrazine groups is 1. The largest absolute Gasteiger partial charge is 0.296 e. The average molecular weight is 634 g/mol. The van der Waals surface area contributed by atoms with Crippen LogP contribution in [0, 0.1) is 36.5 Å².